The molecule has 5 nitrogen and oxygen atoms in total. The number of amides is 1. The number of rotatable bonds is 15. The Hall–Kier alpha value is -0.620. The van der Waals surface area contributed by atoms with Gasteiger partial charge in [0.15, 0.2) is 0 Å². The number of ether oxygens (including phenoxy) is 2. The van der Waals surface area contributed by atoms with Crippen molar-refractivity contribution >= 4 is 35.4 Å². The summed E-state index contributed by atoms with van der Waals surface area (Å²) in [6.45, 7) is 2.73. The van der Waals surface area contributed by atoms with Crippen LogP contribution in [0.15, 0.2) is 0 Å². The molecule has 0 spiro atoms. The number of carbonyl (C=O) groups excluding carboxylic acids is 2. The van der Waals surface area contributed by atoms with Crippen molar-refractivity contribution < 1.29 is 19.1 Å². The Kier molecular flexibility index (Phi) is 16.8. The first-order chi connectivity index (χ1) is 11.7. The second kappa shape index (κ2) is 17.2. The van der Waals surface area contributed by atoms with E-state index in [1.807, 2.05) is 6.26 Å². The summed E-state index contributed by atoms with van der Waals surface area (Å²) in [6.07, 6.45) is 10.0. The van der Waals surface area contributed by atoms with Crippen LogP contribution in [-0.2, 0) is 14.3 Å². The second-order valence-corrected chi connectivity index (χ2v) is 6.96. The minimum atomic E-state index is -0.662. The molecule has 1 unspecified atom stereocenters. The van der Waals surface area contributed by atoms with E-state index in [9.17, 15) is 9.59 Å². The molecule has 0 heterocycles. The van der Waals surface area contributed by atoms with Crippen LogP contribution in [-0.4, -0.2) is 49.2 Å². The SMILES string of the molecule is CCCCCCCCCOC(=O)C(CCSC)NC(=O)OCCCl. The van der Waals surface area contributed by atoms with Crippen LogP contribution in [0.25, 0.3) is 0 Å². The maximum atomic E-state index is 12.1. The van der Waals surface area contributed by atoms with Crippen molar-refractivity contribution in [2.45, 2.75) is 64.3 Å². The maximum absolute atomic E-state index is 12.1. The Labute approximate surface area is 155 Å². The van der Waals surface area contributed by atoms with Crippen molar-refractivity contribution in [3.05, 3.63) is 0 Å². The van der Waals surface area contributed by atoms with Crippen LogP contribution in [0.2, 0.25) is 0 Å². The van der Waals surface area contributed by atoms with Crippen molar-refractivity contribution in [2.24, 2.45) is 0 Å². The van der Waals surface area contributed by atoms with Crippen molar-refractivity contribution in [1.82, 2.24) is 5.32 Å². The van der Waals surface area contributed by atoms with E-state index >= 15 is 0 Å². The molecule has 0 aromatic rings. The molecule has 0 aliphatic heterocycles. The molecular formula is C17H32ClNO4S. The van der Waals surface area contributed by atoms with Crippen LogP contribution in [0.3, 0.4) is 0 Å². The number of hydrogen-bond acceptors (Lipinski definition) is 5. The van der Waals surface area contributed by atoms with Crippen LogP contribution in [0.5, 0.6) is 0 Å². The summed E-state index contributed by atoms with van der Waals surface area (Å²) in [5, 5.41) is 2.55. The van der Waals surface area contributed by atoms with Crippen LogP contribution < -0.4 is 5.32 Å². The first kappa shape index (κ1) is 23.4. The topological polar surface area (TPSA) is 64.6 Å². The van der Waals surface area contributed by atoms with Gasteiger partial charge in [-0.1, -0.05) is 45.4 Å². The van der Waals surface area contributed by atoms with Gasteiger partial charge in [0.1, 0.15) is 12.6 Å². The molecule has 1 atom stereocenters. The highest BCUT2D eigenvalue weighted by molar-refractivity contribution is 7.98. The molecule has 7 heteroatoms. The number of hydrogen-bond donors (Lipinski definition) is 1. The maximum Gasteiger partial charge on any atom is 0.407 e. The van der Waals surface area contributed by atoms with Gasteiger partial charge in [-0.3, -0.25) is 0 Å². The summed E-state index contributed by atoms with van der Waals surface area (Å²) >= 11 is 7.08. The minimum absolute atomic E-state index is 0.121. The second-order valence-electron chi connectivity index (χ2n) is 5.59. The molecular weight excluding hydrogens is 350 g/mol. The normalized spacial score (nSPS) is 11.8. The molecule has 0 aliphatic rings. The zero-order chi connectivity index (χ0) is 18.0. The Morgan fingerprint density at radius 1 is 1.04 bits per heavy atom. The lowest BCUT2D eigenvalue weighted by Crippen LogP contribution is -2.42. The number of thioether (sulfide) groups is 1. The minimum Gasteiger partial charge on any atom is -0.464 e. The summed E-state index contributed by atoms with van der Waals surface area (Å²) in [5.74, 6) is 0.594. The highest BCUT2D eigenvalue weighted by Gasteiger charge is 2.22. The predicted molar refractivity (Wildman–Crippen MR) is 101 cm³/mol. The number of halogens is 1. The van der Waals surface area contributed by atoms with Crippen LogP contribution >= 0.6 is 23.4 Å². The quantitative estimate of drug-likeness (QED) is 0.259. The van der Waals surface area contributed by atoms with Gasteiger partial charge in [0.05, 0.1) is 12.5 Å². The first-order valence-electron chi connectivity index (χ1n) is 8.80. The van der Waals surface area contributed by atoms with Crippen molar-refractivity contribution in [1.29, 1.82) is 0 Å². The summed E-state index contributed by atoms with van der Waals surface area (Å²) in [5.41, 5.74) is 0. The fraction of sp³-hybridized carbons (Fsp3) is 0.882. The Bertz CT molecular complexity index is 332. The van der Waals surface area contributed by atoms with Crippen molar-refractivity contribution in [3.8, 4) is 0 Å². The van der Waals surface area contributed by atoms with Crippen LogP contribution in [0.1, 0.15) is 58.3 Å². The van der Waals surface area contributed by atoms with Gasteiger partial charge >= 0.3 is 12.1 Å². The van der Waals surface area contributed by atoms with Gasteiger partial charge in [-0.25, -0.2) is 9.59 Å². The summed E-state index contributed by atoms with van der Waals surface area (Å²) in [7, 11) is 0. The zero-order valence-electron chi connectivity index (χ0n) is 15.0. The molecule has 1 N–H and O–H groups in total. The fourth-order valence-electron chi connectivity index (χ4n) is 2.13. The van der Waals surface area contributed by atoms with E-state index in [0.717, 1.165) is 18.6 Å². The molecule has 0 radical (unpaired) electrons. The van der Waals surface area contributed by atoms with E-state index in [1.54, 1.807) is 11.8 Å². The van der Waals surface area contributed by atoms with E-state index < -0.39 is 18.1 Å². The number of alkyl carbamates (subject to hydrolysis) is 1. The van der Waals surface area contributed by atoms with E-state index in [2.05, 4.69) is 12.2 Å². The Balaban J connectivity index is 3.96. The highest BCUT2D eigenvalue weighted by Crippen LogP contribution is 2.08. The lowest BCUT2D eigenvalue weighted by molar-refractivity contribution is -0.146. The van der Waals surface area contributed by atoms with Gasteiger partial charge in [0.25, 0.3) is 0 Å². The van der Waals surface area contributed by atoms with Gasteiger partial charge in [-0.15, -0.1) is 11.6 Å². The van der Waals surface area contributed by atoms with E-state index in [-0.39, 0.29) is 12.5 Å². The summed E-state index contributed by atoms with van der Waals surface area (Å²) < 4.78 is 10.1. The molecule has 0 aromatic carbocycles. The molecule has 0 saturated carbocycles. The summed E-state index contributed by atoms with van der Waals surface area (Å²) in [6, 6.07) is -0.662. The molecule has 0 aromatic heterocycles. The van der Waals surface area contributed by atoms with Crippen LogP contribution in [0, 0.1) is 0 Å². The molecule has 0 fully saturated rings. The summed E-state index contributed by atoms with van der Waals surface area (Å²) in [4.78, 5) is 23.7. The molecule has 24 heavy (non-hydrogen) atoms. The lowest BCUT2D eigenvalue weighted by atomic mass is 10.1. The third kappa shape index (κ3) is 13.8. The molecule has 0 rings (SSSR count). The Morgan fingerprint density at radius 2 is 1.71 bits per heavy atom. The molecule has 142 valence electrons. The third-order valence-electron chi connectivity index (χ3n) is 3.49. The van der Waals surface area contributed by atoms with Gasteiger partial charge in [-0.05, 0) is 24.9 Å². The molecule has 0 aliphatic carbocycles. The number of nitrogens with one attached hydrogen (secondary N) is 1. The van der Waals surface area contributed by atoms with E-state index in [1.165, 1.54) is 32.1 Å². The average Bonchev–Trinajstić information content (AvgIpc) is 2.58. The molecule has 0 saturated heterocycles. The third-order valence-corrected chi connectivity index (χ3v) is 4.29. The van der Waals surface area contributed by atoms with Gasteiger partial charge < -0.3 is 14.8 Å². The van der Waals surface area contributed by atoms with Gasteiger partial charge in [-0.2, -0.15) is 11.8 Å². The zero-order valence-corrected chi connectivity index (χ0v) is 16.6. The smallest absolute Gasteiger partial charge is 0.407 e. The first-order valence-corrected chi connectivity index (χ1v) is 10.7. The number of alkyl halides is 1. The predicted octanol–water partition coefficient (Wildman–Crippen LogP) is 4.37. The van der Waals surface area contributed by atoms with E-state index in [4.69, 9.17) is 21.1 Å². The molecule has 1 amide bonds. The number of unbranched alkanes of at least 4 members (excludes halogenated alkanes) is 6. The fourth-order valence-corrected chi connectivity index (χ4v) is 2.68. The molecule has 0 bridgehead atoms. The highest BCUT2D eigenvalue weighted by atomic mass is 35.5. The lowest BCUT2D eigenvalue weighted by Gasteiger charge is -2.17. The number of esters is 1. The monoisotopic (exact) mass is 381 g/mol. The Morgan fingerprint density at radius 3 is 2.33 bits per heavy atom. The van der Waals surface area contributed by atoms with Crippen molar-refractivity contribution in [3.63, 3.8) is 0 Å². The standard InChI is InChI=1S/C17H32ClNO4S/c1-3-4-5-6-7-8-9-12-22-16(20)15(10-14-24-2)19-17(21)23-13-11-18/h15H,3-14H2,1-2H3,(H,19,21). The van der Waals surface area contributed by atoms with Gasteiger partial charge in [0.2, 0.25) is 0 Å². The van der Waals surface area contributed by atoms with E-state index in [0.29, 0.717) is 13.0 Å². The number of carbonyl (C=O) groups is 2. The van der Waals surface area contributed by atoms with Crippen molar-refractivity contribution in [2.75, 3.05) is 31.1 Å². The van der Waals surface area contributed by atoms with Gasteiger partial charge in [0, 0.05) is 0 Å². The van der Waals surface area contributed by atoms with Crippen LogP contribution in [0.4, 0.5) is 4.79 Å². The largest absolute Gasteiger partial charge is 0.464 e. The average molecular weight is 382 g/mol.